The van der Waals surface area contributed by atoms with Gasteiger partial charge in [0, 0.05) is 25.9 Å². The van der Waals surface area contributed by atoms with Crippen LogP contribution in [0.15, 0.2) is 52.1 Å². The zero-order valence-electron chi connectivity index (χ0n) is 15.5. The van der Waals surface area contributed by atoms with Crippen molar-refractivity contribution in [2.24, 2.45) is 0 Å². The van der Waals surface area contributed by atoms with Gasteiger partial charge in [-0.25, -0.2) is 9.18 Å². The zero-order valence-corrected chi connectivity index (χ0v) is 15.5. The molecular weight excluding hydrogens is 377 g/mol. The van der Waals surface area contributed by atoms with Crippen LogP contribution < -0.4 is 11.2 Å². The Morgan fingerprint density at radius 3 is 2.52 bits per heavy atom. The van der Waals surface area contributed by atoms with E-state index in [-0.39, 0.29) is 43.8 Å². The third kappa shape index (κ3) is 3.61. The van der Waals surface area contributed by atoms with Crippen molar-refractivity contribution in [3.05, 3.63) is 80.2 Å². The summed E-state index contributed by atoms with van der Waals surface area (Å²) in [5.41, 5.74) is -0.161. The monoisotopic (exact) mass is 395 g/mol. The Morgan fingerprint density at radius 1 is 1.03 bits per heavy atom. The first-order valence-corrected chi connectivity index (χ1v) is 9.25. The predicted molar refractivity (Wildman–Crippen MR) is 104 cm³/mol. The molecule has 4 rings (SSSR count). The fraction of sp³-hybridized carbons (Fsp3) is 0.238. The van der Waals surface area contributed by atoms with E-state index in [4.69, 9.17) is 0 Å². The molecule has 2 heterocycles. The number of carbonyl (C=O) groups excluding carboxylic acids is 2. The van der Waals surface area contributed by atoms with Crippen LogP contribution in [-0.4, -0.2) is 39.2 Å². The number of piperidine rings is 1. The van der Waals surface area contributed by atoms with Crippen LogP contribution in [-0.2, 0) is 11.3 Å². The third-order valence-electron chi connectivity index (χ3n) is 5.12. The van der Waals surface area contributed by atoms with Gasteiger partial charge in [-0.1, -0.05) is 18.2 Å². The highest BCUT2D eigenvalue weighted by molar-refractivity contribution is 5.96. The maximum absolute atomic E-state index is 14.3. The van der Waals surface area contributed by atoms with Crippen LogP contribution in [0.5, 0.6) is 0 Å². The summed E-state index contributed by atoms with van der Waals surface area (Å²) in [4.78, 5) is 52.2. The summed E-state index contributed by atoms with van der Waals surface area (Å²) in [7, 11) is 0. The number of halogens is 1. The third-order valence-corrected chi connectivity index (χ3v) is 5.12. The van der Waals surface area contributed by atoms with Gasteiger partial charge in [-0.2, -0.15) is 0 Å². The molecule has 0 unspecified atom stereocenters. The van der Waals surface area contributed by atoms with Gasteiger partial charge in [0.25, 0.3) is 11.5 Å². The number of benzene rings is 2. The number of ketones is 1. The van der Waals surface area contributed by atoms with Crippen LogP contribution in [0.4, 0.5) is 4.39 Å². The van der Waals surface area contributed by atoms with Crippen LogP contribution in [0.1, 0.15) is 28.8 Å². The second kappa shape index (κ2) is 7.46. The average molecular weight is 395 g/mol. The van der Waals surface area contributed by atoms with E-state index in [0.29, 0.717) is 16.5 Å². The fourth-order valence-electron chi connectivity index (χ4n) is 3.55. The number of fused-ring (bicyclic) bond motifs is 1. The van der Waals surface area contributed by atoms with Crippen LogP contribution in [0, 0.1) is 5.82 Å². The van der Waals surface area contributed by atoms with Crippen molar-refractivity contribution in [2.45, 2.75) is 19.4 Å². The topological polar surface area (TPSA) is 92.2 Å². The smallest absolute Gasteiger partial charge is 0.329 e. The molecule has 1 aliphatic rings. The number of nitrogens with zero attached hydrogens (tertiary/aromatic N) is 2. The molecule has 1 N–H and O–H groups in total. The molecular formula is C21H18FN3O4. The van der Waals surface area contributed by atoms with Crippen molar-refractivity contribution in [1.82, 2.24) is 14.5 Å². The Labute approximate surface area is 164 Å². The van der Waals surface area contributed by atoms with E-state index in [0.717, 1.165) is 0 Å². The summed E-state index contributed by atoms with van der Waals surface area (Å²) < 4.78 is 15.7. The lowest BCUT2D eigenvalue weighted by molar-refractivity contribution is -0.120. The van der Waals surface area contributed by atoms with E-state index in [1.54, 1.807) is 24.3 Å². The molecule has 2 aromatic carbocycles. The van der Waals surface area contributed by atoms with Gasteiger partial charge in [0.2, 0.25) is 0 Å². The normalized spacial score (nSPS) is 14.4. The lowest BCUT2D eigenvalue weighted by Gasteiger charge is -2.26. The number of H-pyrrole nitrogens is 1. The molecule has 8 heteroatoms. The Balaban J connectivity index is 1.70. The van der Waals surface area contributed by atoms with Gasteiger partial charge in [-0.15, -0.1) is 0 Å². The number of amides is 1. The number of aromatic amines is 1. The van der Waals surface area contributed by atoms with Gasteiger partial charge in [-0.3, -0.25) is 23.9 Å². The van der Waals surface area contributed by atoms with Crippen LogP contribution in [0.25, 0.3) is 10.9 Å². The highest BCUT2D eigenvalue weighted by atomic mass is 19.1. The minimum atomic E-state index is -0.658. The molecule has 7 nitrogen and oxygen atoms in total. The summed E-state index contributed by atoms with van der Waals surface area (Å²) in [6, 6.07) is 10.8. The zero-order chi connectivity index (χ0) is 20.5. The van der Waals surface area contributed by atoms with Crippen LogP contribution in [0.2, 0.25) is 0 Å². The number of carbonyl (C=O) groups is 2. The minimum absolute atomic E-state index is 0.0647. The lowest BCUT2D eigenvalue weighted by atomic mass is 10.1. The van der Waals surface area contributed by atoms with Gasteiger partial charge >= 0.3 is 5.69 Å². The minimum Gasteiger partial charge on any atom is -0.338 e. The standard InChI is InChI=1S/C21H18FN3O4/c22-17-6-5-13(11-16(17)20(28)24-9-7-14(26)8-10-24)12-25-18-4-2-1-3-15(18)19(27)23-21(25)29/h1-6,11H,7-10,12H2,(H,23,27,29). The quantitative estimate of drug-likeness (QED) is 0.730. The van der Waals surface area contributed by atoms with Gasteiger partial charge < -0.3 is 4.90 Å². The van der Waals surface area contributed by atoms with E-state index >= 15 is 0 Å². The summed E-state index contributed by atoms with van der Waals surface area (Å²) in [6.07, 6.45) is 0.539. The SMILES string of the molecule is O=C1CCN(C(=O)c2cc(Cn3c(=O)[nH]c(=O)c4ccccc43)ccc2F)CC1. The lowest BCUT2D eigenvalue weighted by Crippen LogP contribution is -2.39. The number of aromatic nitrogens is 2. The second-order valence-corrected chi connectivity index (χ2v) is 7.01. The first-order chi connectivity index (χ1) is 13.9. The number of para-hydroxylation sites is 1. The Hall–Kier alpha value is -3.55. The molecule has 0 bridgehead atoms. The molecule has 1 amide bonds. The molecule has 0 saturated carbocycles. The van der Waals surface area contributed by atoms with Crippen molar-refractivity contribution >= 4 is 22.6 Å². The first-order valence-electron chi connectivity index (χ1n) is 9.25. The summed E-state index contributed by atoms with van der Waals surface area (Å²) in [6.45, 7) is 0.603. The largest absolute Gasteiger partial charge is 0.338 e. The number of nitrogens with one attached hydrogen (secondary N) is 1. The van der Waals surface area contributed by atoms with Crippen molar-refractivity contribution < 1.29 is 14.0 Å². The molecule has 0 radical (unpaired) electrons. The van der Waals surface area contributed by atoms with Gasteiger partial charge in [0.1, 0.15) is 11.6 Å². The summed E-state index contributed by atoms with van der Waals surface area (Å²) in [5, 5.41) is 0.364. The first kappa shape index (κ1) is 18.8. The molecule has 0 spiro atoms. The summed E-state index contributed by atoms with van der Waals surface area (Å²) in [5.74, 6) is -1.04. The van der Waals surface area contributed by atoms with Gasteiger partial charge in [0.15, 0.2) is 0 Å². The van der Waals surface area contributed by atoms with E-state index in [9.17, 15) is 23.6 Å². The van der Waals surface area contributed by atoms with E-state index in [1.807, 2.05) is 0 Å². The van der Waals surface area contributed by atoms with E-state index in [1.165, 1.54) is 27.7 Å². The predicted octanol–water partition coefficient (Wildman–Crippen LogP) is 1.68. The molecule has 148 valence electrons. The highest BCUT2D eigenvalue weighted by Crippen LogP contribution is 2.17. The number of Topliss-reactive ketones (excluding diaryl/α,β-unsaturated/α-hetero) is 1. The Kier molecular flexibility index (Phi) is 4.84. The Bertz CT molecular complexity index is 1230. The van der Waals surface area contributed by atoms with Crippen LogP contribution in [0.3, 0.4) is 0 Å². The van der Waals surface area contributed by atoms with Crippen molar-refractivity contribution in [3.63, 3.8) is 0 Å². The second-order valence-electron chi connectivity index (χ2n) is 7.01. The number of hydrogen-bond acceptors (Lipinski definition) is 4. The molecule has 29 heavy (non-hydrogen) atoms. The molecule has 1 fully saturated rings. The summed E-state index contributed by atoms with van der Waals surface area (Å²) >= 11 is 0. The maximum Gasteiger partial charge on any atom is 0.329 e. The number of rotatable bonds is 3. The molecule has 1 aliphatic heterocycles. The molecule has 3 aromatic rings. The van der Waals surface area contributed by atoms with E-state index in [2.05, 4.69) is 4.98 Å². The van der Waals surface area contributed by atoms with Gasteiger partial charge in [-0.05, 0) is 29.8 Å². The molecule has 0 aliphatic carbocycles. The van der Waals surface area contributed by atoms with Crippen molar-refractivity contribution in [2.75, 3.05) is 13.1 Å². The number of likely N-dealkylation sites (tertiary alicyclic amines) is 1. The van der Waals surface area contributed by atoms with Crippen LogP contribution >= 0.6 is 0 Å². The average Bonchev–Trinajstić information content (AvgIpc) is 2.72. The number of hydrogen-bond donors (Lipinski definition) is 1. The maximum atomic E-state index is 14.3. The van der Waals surface area contributed by atoms with Crippen molar-refractivity contribution in [1.29, 1.82) is 0 Å². The molecule has 1 saturated heterocycles. The molecule has 0 atom stereocenters. The highest BCUT2D eigenvalue weighted by Gasteiger charge is 2.24. The molecule has 1 aromatic heterocycles. The van der Waals surface area contributed by atoms with E-state index < -0.39 is 23.0 Å². The van der Waals surface area contributed by atoms with Gasteiger partial charge in [0.05, 0.1) is 23.0 Å². The van der Waals surface area contributed by atoms with Crippen molar-refractivity contribution in [3.8, 4) is 0 Å². The Morgan fingerprint density at radius 2 is 1.76 bits per heavy atom. The fourth-order valence-corrected chi connectivity index (χ4v) is 3.55.